The van der Waals surface area contributed by atoms with Gasteiger partial charge in [0.1, 0.15) is 5.82 Å². The number of benzene rings is 2. The Morgan fingerprint density at radius 2 is 1.67 bits per heavy atom. The molecule has 2 aromatic carbocycles. The van der Waals surface area contributed by atoms with Crippen molar-refractivity contribution in [3.8, 4) is 5.69 Å². The predicted octanol–water partition coefficient (Wildman–Crippen LogP) is 6.82. The van der Waals surface area contributed by atoms with E-state index >= 15 is 0 Å². The molecule has 0 saturated carbocycles. The van der Waals surface area contributed by atoms with Crippen LogP contribution < -0.4 is 10.2 Å². The van der Waals surface area contributed by atoms with E-state index in [1.165, 1.54) is 18.2 Å². The van der Waals surface area contributed by atoms with Crippen LogP contribution in [0.25, 0.3) is 5.69 Å². The van der Waals surface area contributed by atoms with Crippen LogP contribution in [0.2, 0.25) is 0 Å². The fraction of sp³-hybridized carbons (Fsp3) is 0.185. The zero-order chi connectivity index (χ0) is 25.6. The highest BCUT2D eigenvalue weighted by molar-refractivity contribution is 7.80. The third-order valence-electron chi connectivity index (χ3n) is 6.42. The average Bonchev–Trinajstić information content (AvgIpc) is 3.35. The number of nitrogens with zero attached hydrogens (tertiary/aromatic N) is 3. The summed E-state index contributed by atoms with van der Waals surface area (Å²) in [5.74, 6) is -0.364. The lowest BCUT2D eigenvalue weighted by Gasteiger charge is -2.28. The molecule has 1 N–H and O–H groups in total. The number of anilines is 1. The molecule has 0 aliphatic carbocycles. The van der Waals surface area contributed by atoms with Gasteiger partial charge in [-0.25, -0.2) is 4.39 Å². The third-order valence-corrected chi connectivity index (χ3v) is 6.74. The highest BCUT2D eigenvalue weighted by atomic mass is 32.1. The van der Waals surface area contributed by atoms with Gasteiger partial charge in [-0.3, -0.25) is 4.98 Å². The molecule has 0 radical (unpaired) electrons. The second kappa shape index (κ2) is 9.05. The Morgan fingerprint density at radius 1 is 0.917 bits per heavy atom. The number of alkyl halides is 3. The summed E-state index contributed by atoms with van der Waals surface area (Å²) in [6.45, 7) is 3.73. The summed E-state index contributed by atoms with van der Waals surface area (Å²) in [6.07, 6.45) is -2.75. The molecule has 5 rings (SSSR count). The van der Waals surface area contributed by atoms with Gasteiger partial charge in [-0.05, 0) is 92.3 Å². The summed E-state index contributed by atoms with van der Waals surface area (Å²) in [6, 6.07) is 18.2. The summed E-state index contributed by atoms with van der Waals surface area (Å²) in [5, 5.41) is 3.80. The fourth-order valence-electron chi connectivity index (χ4n) is 4.86. The van der Waals surface area contributed by atoms with Crippen molar-refractivity contribution in [2.75, 3.05) is 4.90 Å². The molecule has 1 saturated heterocycles. The Morgan fingerprint density at radius 3 is 2.33 bits per heavy atom. The van der Waals surface area contributed by atoms with Gasteiger partial charge in [-0.2, -0.15) is 13.2 Å². The number of halogens is 4. The molecule has 184 valence electrons. The van der Waals surface area contributed by atoms with Crippen molar-refractivity contribution in [1.29, 1.82) is 0 Å². The molecule has 0 unspecified atom stereocenters. The number of aryl methyl sites for hydroxylation is 1. The monoisotopic (exact) mass is 510 g/mol. The molecule has 0 spiro atoms. The highest BCUT2D eigenvalue weighted by Gasteiger charge is 2.42. The topological polar surface area (TPSA) is 33.1 Å². The molecule has 3 heterocycles. The third kappa shape index (κ3) is 4.24. The lowest BCUT2D eigenvalue weighted by molar-refractivity contribution is -0.137. The second-order valence-corrected chi connectivity index (χ2v) is 9.07. The first-order valence-corrected chi connectivity index (χ1v) is 11.7. The van der Waals surface area contributed by atoms with E-state index < -0.39 is 11.7 Å². The van der Waals surface area contributed by atoms with E-state index in [-0.39, 0.29) is 17.9 Å². The Hall–Kier alpha value is -3.72. The quantitative estimate of drug-likeness (QED) is 0.241. The van der Waals surface area contributed by atoms with Crippen LogP contribution in [0.3, 0.4) is 0 Å². The Labute approximate surface area is 211 Å². The molecule has 4 nitrogen and oxygen atoms in total. The first-order valence-electron chi connectivity index (χ1n) is 11.3. The van der Waals surface area contributed by atoms with Crippen molar-refractivity contribution in [3.05, 3.63) is 113 Å². The summed E-state index contributed by atoms with van der Waals surface area (Å²) in [7, 11) is 0. The molecule has 0 amide bonds. The smallest absolute Gasteiger partial charge is 0.351 e. The minimum atomic E-state index is -4.45. The van der Waals surface area contributed by atoms with E-state index in [4.69, 9.17) is 12.2 Å². The van der Waals surface area contributed by atoms with Gasteiger partial charge in [-0.15, -0.1) is 0 Å². The van der Waals surface area contributed by atoms with Crippen molar-refractivity contribution < 1.29 is 17.6 Å². The largest absolute Gasteiger partial charge is 0.416 e. The van der Waals surface area contributed by atoms with Gasteiger partial charge < -0.3 is 14.8 Å². The Bertz CT molecular complexity index is 1410. The fourth-order valence-corrected chi connectivity index (χ4v) is 5.20. The minimum Gasteiger partial charge on any atom is -0.351 e. The van der Waals surface area contributed by atoms with Crippen LogP contribution in [0.1, 0.15) is 40.3 Å². The number of hydrogen-bond donors (Lipinski definition) is 1. The van der Waals surface area contributed by atoms with E-state index in [0.29, 0.717) is 16.5 Å². The van der Waals surface area contributed by atoms with Gasteiger partial charge in [0.2, 0.25) is 0 Å². The van der Waals surface area contributed by atoms with Crippen molar-refractivity contribution >= 4 is 23.0 Å². The number of pyridine rings is 1. The van der Waals surface area contributed by atoms with E-state index in [1.54, 1.807) is 24.4 Å². The van der Waals surface area contributed by atoms with Gasteiger partial charge in [-0.1, -0.05) is 12.1 Å². The van der Waals surface area contributed by atoms with Crippen LogP contribution in [0, 0.1) is 19.7 Å². The Balaban J connectivity index is 1.67. The maximum atomic E-state index is 13.7. The van der Waals surface area contributed by atoms with Crippen LogP contribution in [0.5, 0.6) is 0 Å². The first kappa shape index (κ1) is 24.0. The summed E-state index contributed by atoms with van der Waals surface area (Å²) in [4.78, 5) is 6.44. The zero-order valence-corrected chi connectivity index (χ0v) is 20.2. The van der Waals surface area contributed by atoms with Crippen LogP contribution in [-0.4, -0.2) is 14.7 Å². The lowest BCUT2D eigenvalue weighted by Crippen LogP contribution is -2.29. The predicted molar refractivity (Wildman–Crippen MR) is 135 cm³/mol. The molecule has 2 aromatic heterocycles. The van der Waals surface area contributed by atoms with Gasteiger partial charge in [0.15, 0.2) is 5.11 Å². The number of thiocarbonyl (C=S) groups is 1. The molecule has 1 aliphatic rings. The van der Waals surface area contributed by atoms with Crippen LogP contribution in [0.4, 0.5) is 23.2 Å². The summed E-state index contributed by atoms with van der Waals surface area (Å²) < 4.78 is 55.7. The van der Waals surface area contributed by atoms with Crippen molar-refractivity contribution in [1.82, 2.24) is 14.9 Å². The zero-order valence-electron chi connectivity index (χ0n) is 19.4. The maximum Gasteiger partial charge on any atom is 0.416 e. The maximum absolute atomic E-state index is 13.7. The van der Waals surface area contributed by atoms with Gasteiger partial charge in [0.25, 0.3) is 0 Å². The number of nitrogens with one attached hydrogen (secondary N) is 1. The Kier molecular flexibility index (Phi) is 6.04. The first-order chi connectivity index (χ1) is 17.1. The van der Waals surface area contributed by atoms with Crippen LogP contribution in [-0.2, 0) is 6.18 Å². The standard InChI is InChI=1S/C27H22F4N4S/c1-16-14-22(17(2)34(16)21-7-5-6-18(15-21)27(29,30)31)25-24(23-8-3-4-13-32-23)33-26(36)35(25)20-11-9-19(28)10-12-20/h3-15,24-25H,1-2H3,(H,33,36)/t24-,25+/m1/s1. The molecule has 36 heavy (non-hydrogen) atoms. The molecular weight excluding hydrogens is 488 g/mol. The van der Waals surface area contributed by atoms with Crippen molar-refractivity contribution in [3.63, 3.8) is 0 Å². The molecule has 9 heteroatoms. The average molecular weight is 511 g/mol. The SMILES string of the molecule is Cc1cc([C@H]2[C@@H](c3ccccn3)NC(=S)N2c2ccc(F)cc2)c(C)n1-c1cccc(C(F)(F)F)c1. The minimum absolute atomic E-state index is 0.334. The normalized spacial score (nSPS) is 17.9. The summed E-state index contributed by atoms with van der Waals surface area (Å²) in [5.41, 5.74) is 3.59. The number of hydrogen-bond acceptors (Lipinski definition) is 2. The molecule has 4 aromatic rings. The lowest BCUT2D eigenvalue weighted by atomic mass is 9.96. The van der Waals surface area contributed by atoms with Crippen LogP contribution in [0.15, 0.2) is 79.0 Å². The van der Waals surface area contributed by atoms with Gasteiger partial charge in [0, 0.05) is 29.0 Å². The van der Waals surface area contributed by atoms with Crippen molar-refractivity contribution in [2.45, 2.75) is 32.1 Å². The molecule has 0 bridgehead atoms. The highest BCUT2D eigenvalue weighted by Crippen LogP contribution is 2.44. The van der Waals surface area contributed by atoms with E-state index in [2.05, 4.69) is 10.3 Å². The van der Waals surface area contributed by atoms with Gasteiger partial charge >= 0.3 is 6.18 Å². The number of aromatic nitrogens is 2. The van der Waals surface area contributed by atoms with Crippen LogP contribution >= 0.6 is 12.2 Å². The van der Waals surface area contributed by atoms with Crippen molar-refractivity contribution in [2.24, 2.45) is 0 Å². The number of rotatable bonds is 4. The van der Waals surface area contributed by atoms with Gasteiger partial charge in [0.05, 0.1) is 23.3 Å². The molecule has 1 aliphatic heterocycles. The molecular formula is C27H22F4N4S. The molecule has 2 atom stereocenters. The summed E-state index contributed by atoms with van der Waals surface area (Å²) >= 11 is 5.71. The second-order valence-electron chi connectivity index (χ2n) is 8.68. The van der Waals surface area contributed by atoms with E-state index in [0.717, 1.165) is 34.8 Å². The van der Waals surface area contributed by atoms with E-state index in [9.17, 15) is 17.6 Å². The van der Waals surface area contributed by atoms with E-state index in [1.807, 2.05) is 47.6 Å². The molecule has 1 fully saturated rings.